The molecule has 0 atom stereocenters. The maximum atomic E-state index is 12.2. The molecule has 1 aromatic heterocycles. The largest absolute Gasteiger partial charge is 0.422 e. The van der Waals surface area contributed by atoms with E-state index in [1.54, 1.807) is 31.2 Å². The molecule has 1 aromatic carbocycles. The molecule has 0 saturated heterocycles. The number of rotatable bonds is 5. The van der Waals surface area contributed by atoms with Gasteiger partial charge < -0.3 is 4.74 Å². The number of esters is 1. The third-order valence-corrected chi connectivity index (χ3v) is 5.19. The lowest BCUT2D eigenvalue weighted by Crippen LogP contribution is -2.17. The molecule has 2 rings (SSSR count). The first kappa shape index (κ1) is 17.8. The minimum absolute atomic E-state index is 0.0810. The van der Waals surface area contributed by atoms with E-state index in [9.17, 15) is 13.2 Å². The number of ether oxygens (including phenoxy) is 1. The van der Waals surface area contributed by atoms with Crippen LogP contribution in [-0.4, -0.2) is 30.1 Å². The van der Waals surface area contributed by atoms with Crippen LogP contribution in [0.4, 0.5) is 0 Å². The molecule has 0 radical (unpaired) electrons. The third-order valence-electron chi connectivity index (χ3n) is 2.69. The van der Waals surface area contributed by atoms with Crippen LogP contribution in [0.15, 0.2) is 40.1 Å². The highest BCUT2D eigenvalue weighted by molar-refractivity contribution is 9.10. The number of benzene rings is 1. The van der Waals surface area contributed by atoms with Gasteiger partial charge in [0.2, 0.25) is 15.0 Å². The van der Waals surface area contributed by atoms with Gasteiger partial charge in [-0.3, -0.25) is 0 Å². The molecule has 0 aliphatic heterocycles. The molecular formula is C14H12BrClN2O4S. The lowest BCUT2D eigenvalue weighted by atomic mass is 10.3. The van der Waals surface area contributed by atoms with Crippen LogP contribution in [-0.2, 0) is 9.84 Å². The number of aromatic nitrogens is 2. The molecule has 0 N–H and O–H groups in total. The van der Waals surface area contributed by atoms with E-state index < -0.39 is 21.0 Å². The summed E-state index contributed by atoms with van der Waals surface area (Å²) in [5.74, 6) is -0.686. The van der Waals surface area contributed by atoms with Crippen LogP contribution >= 0.6 is 27.5 Å². The molecule has 0 amide bonds. The third kappa shape index (κ3) is 4.49. The first-order valence-corrected chi connectivity index (χ1v) is 9.39. The van der Waals surface area contributed by atoms with Gasteiger partial charge >= 0.3 is 5.97 Å². The van der Waals surface area contributed by atoms with Gasteiger partial charge in [-0.25, -0.2) is 23.2 Å². The molecule has 0 aliphatic carbocycles. The highest BCUT2D eigenvalue weighted by Gasteiger charge is 2.22. The van der Waals surface area contributed by atoms with E-state index in [-0.39, 0.29) is 22.2 Å². The number of hydrogen-bond donors (Lipinski definition) is 0. The van der Waals surface area contributed by atoms with Crippen molar-refractivity contribution in [3.05, 3.63) is 45.7 Å². The molecule has 1 heterocycles. The summed E-state index contributed by atoms with van der Waals surface area (Å²) in [4.78, 5) is 19.6. The first-order chi connectivity index (χ1) is 10.8. The second-order valence-corrected chi connectivity index (χ2v) is 7.84. The Bertz CT molecular complexity index is 825. The number of halogens is 2. The predicted molar refractivity (Wildman–Crippen MR) is 88.5 cm³/mol. The van der Waals surface area contributed by atoms with Crippen molar-refractivity contribution in [3.8, 4) is 5.75 Å². The van der Waals surface area contributed by atoms with Gasteiger partial charge in [0, 0.05) is 4.47 Å². The smallest absolute Gasteiger partial charge is 0.364 e. The minimum atomic E-state index is -3.66. The van der Waals surface area contributed by atoms with Crippen molar-refractivity contribution in [2.24, 2.45) is 0 Å². The monoisotopic (exact) mass is 418 g/mol. The van der Waals surface area contributed by atoms with Crippen molar-refractivity contribution in [1.82, 2.24) is 9.97 Å². The van der Waals surface area contributed by atoms with Crippen molar-refractivity contribution in [2.75, 3.05) is 5.75 Å². The van der Waals surface area contributed by atoms with Gasteiger partial charge in [-0.2, -0.15) is 0 Å². The lowest BCUT2D eigenvalue weighted by molar-refractivity contribution is 0.0727. The number of nitrogens with zero attached hydrogens (tertiary/aromatic N) is 2. The van der Waals surface area contributed by atoms with Crippen molar-refractivity contribution in [2.45, 2.75) is 18.5 Å². The van der Waals surface area contributed by atoms with Crippen LogP contribution in [0.25, 0.3) is 0 Å². The van der Waals surface area contributed by atoms with Gasteiger partial charge in [0.15, 0.2) is 5.69 Å². The number of carbonyl (C=O) groups excluding carboxylic acids is 1. The van der Waals surface area contributed by atoms with Crippen LogP contribution in [0.1, 0.15) is 23.8 Å². The quantitative estimate of drug-likeness (QED) is 0.420. The molecule has 122 valence electrons. The molecule has 0 bridgehead atoms. The fourth-order valence-electron chi connectivity index (χ4n) is 1.66. The molecule has 0 aliphatic rings. The van der Waals surface area contributed by atoms with Gasteiger partial charge in [0.1, 0.15) is 5.75 Å². The second kappa shape index (κ2) is 7.37. The topological polar surface area (TPSA) is 86.2 Å². The Morgan fingerprint density at radius 2 is 1.96 bits per heavy atom. The molecule has 2 aromatic rings. The average Bonchev–Trinajstić information content (AvgIpc) is 2.49. The highest BCUT2D eigenvalue weighted by Crippen LogP contribution is 2.20. The van der Waals surface area contributed by atoms with E-state index in [0.717, 1.165) is 10.7 Å². The first-order valence-electron chi connectivity index (χ1n) is 6.56. The Labute approximate surface area is 146 Å². The van der Waals surface area contributed by atoms with E-state index in [4.69, 9.17) is 16.3 Å². The Balaban J connectivity index is 2.31. The predicted octanol–water partition coefficient (Wildman–Crippen LogP) is 3.30. The zero-order valence-electron chi connectivity index (χ0n) is 12.0. The minimum Gasteiger partial charge on any atom is -0.422 e. The van der Waals surface area contributed by atoms with Gasteiger partial charge in [-0.15, -0.1) is 0 Å². The summed E-state index contributed by atoms with van der Waals surface area (Å²) in [6, 6.07) is 6.54. The normalized spacial score (nSPS) is 11.3. The molecule has 0 unspecified atom stereocenters. The van der Waals surface area contributed by atoms with Crippen LogP contribution in [0.3, 0.4) is 0 Å². The maximum absolute atomic E-state index is 12.2. The van der Waals surface area contributed by atoms with Crippen molar-refractivity contribution in [3.63, 3.8) is 0 Å². The lowest BCUT2D eigenvalue weighted by Gasteiger charge is -2.07. The van der Waals surface area contributed by atoms with Crippen molar-refractivity contribution >= 4 is 43.3 Å². The van der Waals surface area contributed by atoms with Crippen LogP contribution < -0.4 is 4.74 Å². The molecule has 0 spiro atoms. The second-order valence-electron chi connectivity index (χ2n) is 4.51. The Morgan fingerprint density at radius 1 is 1.30 bits per heavy atom. The number of hydrogen-bond acceptors (Lipinski definition) is 6. The Kier molecular flexibility index (Phi) is 5.72. The van der Waals surface area contributed by atoms with Gasteiger partial charge in [-0.05, 0) is 30.7 Å². The summed E-state index contributed by atoms with van der Waals surface area (Å²) in [5.41, 5.74) is -0.292. The maximum Gasteiger partial charge on any atom is 0.364 e. The summed E-state index contributed by atoms with van der Waals surface area (Å²) < 4.78 is 29.9. The summed E-state index contributed by atoms with van der Waals surface area (Å²) >= 11 is 9.15. The van der Waals surface area contributed by atoms with E-state index >= 15 is 0 Å². The Morgan fingerprint density at radius 3 is 2.57 bits per heavy atom. The standard InChI is InChI=1S/C14H12BrClN2O4S/c1-2-7-23(20,21)14-17-8-11(16)12(18-14)13(19)22-10-5-3-9(15)4-6-10/h3-6,8H,2,7H2,1H3. The van der Waals surface area contributed by atoms with Gasteiger partial charge in [-0.1, -0.05) is 34.5 Å². The van der Waals surface area contributed by atoms with Crippen molar-refractivity contribution < 1.29 is 17.9 Å². The molecule has 9 heteroatoms. The molecule has 23 heavy (non-hydrogen) atoms. The molecular weight excluding hydrogens is 408 g/mol. The fourth-order valence-corrected chi connectivity index (χ4v) is 3.26. The van der Waals surface area contributed by atoms with Crippen LogP contribution in [0.2, 0.25) is 5.02 Å². The van der Waals surface area contributed by atoms with E-state index in [0.29, 0.717) is 6.42 Å². The van der Waals surface area contributed by atoms with Crippen molar-refractivity contribution in [1.29, 1.82) is 0 Å². The van der Waals surface area contributed by atoms with Gasteiger partial charge in [0.25, 0.3) is 0 Å². The number of sulfone groups is 1. The van der Waals surface area contributed by atoms with Crippen LogP contribution in [0, 0.1) is 0 Å². The summed E-state index contributed by atoms with van der Waals surface area (Å²) in [6.07, 6.45) is 1.49. The average molecular weight is 420 g/mol. The zero-order valence-corrected chi connectivity index (χ0v) is 15.2. The summed E-state index contributed by atoms with van der Waals surface area (Å²) in [6.45, 7) is 1.72. The number of carbonyl (C=O) groups is 1. The van der Waals surface area contributed by atoms with Crippen LogP contribution in [0.5, 0.6) is 5.75 Å². The Hall–Kier alpha value is -1.51. The molecule has 6 nitrogen and oxygen atoms in total. The molecule has 0 saturated carbocycles. The van der Waals surface area contributed by atoms with Gasteiger partial charge in [0.05, 0.1) is 17.0 Å². The SMILES string of the molecule is CCCS(=O)(=O)c1ncc(Cl)c(C(=O)Oc2ccc(Br)cc2)n1. The zero-order chi connectivity index (χ0) is 17.0. The van der Waals surface area contributed by atoms with E-state index in [2.05, 4.69) is 25.9 Å². The van der Waals surface area contributed by atoms with E-state index in [1.165, 1.54) is 0 Å². The molecule has 0 fully saturated rings. The fraction of sp³-hybridized carbons (Fsp3) is 0.214. The summed E-state index contributed by atoms with van der Waals surface area (Å²) in [5, 5.41) is -0.519. The highest BCUT2D eigenvalue weighted by atomic mass is 79.9. The summed E-state index contributed by atoms with van der Waals surface area (Å²) in [7, 11) is -3.66. The van der Waals surface area contributed by atoms with E-state index in [1.807, 2.05) is 0 Å².